The first kappa shape index (κ1) is 22.7. The van der Waals surface area contributed by atoms with E-state index in [1.54, 1.807) is 14.2 Å². The van der Waals surface area contributed by atoms with Crippen LogP contribution in [0.4, 0.5) is 5.69 Å². The summed E-state index contributed by atoms with van der Waals surface area (Å²) in [7, 11) is 5.24. The molecule has 1 N–H and O–H groups in total. The Bertz CT molecular complexity index is 818. The van der Waals surface area contributed by atoms with Gasteiger partial charge in [-0.05, 0) is 42.0 Å². The lowest BCUT2D eigenvalue weighted by atomic mass is 10.2. The molecule has 0 unspecified atom stereocenters. The van der Waals surface area contributed by atoms with Crippen LogP contribution in [0.5, 0.6) is 11.5 Å². The van der Waals surface area contributed by atoms with Gasteiger partial charge in [0.05, 0.1) is 13.7 Å². The molecule has 0 aliphatic carbocycles. The summed E-state index contributed by atoms with van der Waals surface area (Å²) in [6.07, 6.45) is 0.883. The molecule has 0 spiro atoms. The van der Waals surface area contributed by atoms with Crippen molar-refractivity contribution in [2.45, 2.75) is 13.0 Å². The van der Waals surface area contributed by atoms with Gasteiger partial charge in [0.1, 0.15) is 11.5 Å². The van der Waals surface area contributed by atoms with Crippen molar-refractivity contribution in [1.82, 2.24) is 10.2 Å². The van der Waals surface area contributed by atoms with E-state index in [1.807, 2.05) is 31.3 Å². The van der Waals surface area contributed by atoms with Crippen LogP contribution in [-0.4, -0.2) is 71.5 Å². The van der Waals surface area contributed by atoms with E-state index < -0.39 is 0 Å². The fourth-order valence-corrected chi connectivity index (χ4v) is 3.62. The molecule has 1 aliphatic heterocycles. The van der Waals surface area contributed by atoms with E-state index in [2.05, 4.69) is 44.4 Å². The highest BCUT2D eigenvalue weighted by molar-refractivity contribution is 5.80. The van der Waals surface area contributed by atoms with Crippen LogP contribution in [0.2, 0.25) is 0 Å². The maximum Gasteiger partial charge on any atom is 0.194 e. The Morgan fingerprint density at radius 3 is 2.42 bits per heavy atom. The number of ether oxygens (including phenoxy) is 3. The van der Waals surface area contributed by atoms with E-state index in [4.69, 9.17) is 14.2 Å². The Labute approximate surface area is 185 Å². The smallest absolute Gasteiger partial charge is 0.194 e. The van der Waals surface area contributed by atoms with E-state index in [0.717, 1.165) is 50.1 Å². The van der Waals surface area contributed by atoms with Crippen LogP contribution in [0.25, 0.3) is 0 Å². The molecule has 0 aromatic heterocycles. The summed E-state index contributed by atoms with van der Waals surface area (Å²) in [4.78, 5) is 9.20. The maximum absolute atomic E-state index is 5.80. The molecule has 0 bridgehead atoms. The van der Waals surface area contributed by atoms with Gasteiger partial charge in [-0.2, -0.15) is 0 Å². The number of hydrogen-bond donors (Lipinski definition) is 1. The van der Waals surface area contributed by atoms with Crippen molar-refractivity contribution in [2.75, 3.05) is 65.6 Å². The van der Waals surface area contributed by atoms with Crippen LogP contribution in [0.1, 0.15) is 12.0 Å². The highest BCUT2D eigenvalue weighted by Crippen LogP contribution is 2.20. The van der Waals surface area contributed by atoms with Crippen LogP contribution in [0, 0.1) is 0 Å². The molecule has 1 saturated heterocycles. The number of hydrogen-bond acceptors (Lipinski definition) is 5. The van der Waals surface area contributed by atoms with Gasteiger partial charge in [0, 0.05) is 65.6 Å². The molecule has 7 heteroatoms. The van der Waals surface area contributed by atoms with Crippen molar-refractivity contribution in [3.05, 3.63) is 54.1 Å². The summed E-state index contributed by atoms with van der Waals surface area (Å²) >= 11 is 0. The Hall–Kier alpha value is -2.93. The van der Waals surface area contributed by atoms with Crippen molar-refractivity contribution in [3.63, 3.8) is 0 Å². The monoisotopic (exact) mass is 426 g/mol. The fraction of sp³-hybridized carbons (Fsp3) is 0.458. The van der Waals surface area contributed by atoms with Crippen molar-refractivity contribution in [3.8, 4) is 11.5 Å². The van der Waals surface area contributed by atoms with Gasteiger partial charge in [-0.15, -0.1) is 0 Å². The van der Waals surface area contributed by atoms with Crippen LogP contribution in [0.3, 0.4) is 0 Å². The molecule has 0 saturated carbocycles. The van der Waals surface area contributed by atoms with Crippen molar-refractivity contribution < 1.29 is 14.2 Å². The van der Waals surface area contributed by atoms with Gasteiger partial charge in [-0.1, -0.05) is 12.1 Å². The molecule has 0 amide bonds. The van der Waals surface area contributed by atoms with Gasteiger partial charge in [0.2, 0.25) is 0 Å². The second-order valence-corrected chi connectivity index (χ2v) is 7.42. The number of nitrogens with one attached hydrogen (secondary N) is 1. The third kappa shape index (κ3) is 6.79. The number of nitrogens with zero attached hydrogens (tertiary/aromatic N) is 3. The third-order valence-electron chi connectivity index (χ3n) is 5.34. The normalized spacial score (nSPS) is 14.5. The molecule has 2 aromatic rings. The van der Waals surface area contributed by atoms with Gasteiger partial charge in [0.25, 0.3) is 0 Å². The van der Waals surface area contributed by atoms with Gasteiger partial charge < -0.3 is 29.3 Å². The predicted octanol–water partition coefficient (Wildman–Crippen LogP) is 3.01. The second-order valence-electron chi connectivity index (χ2n) is 7.42. The molecule has 0 radical (unpaired) electrons. The highest BCUT2D eigenvalue weighted by Gasteiger charge is 2.19. The highest BCUT2D eigenvalue weighted by atomic mass is 16.5. The Balaban J connectivity index is 1.47. The minimum absolute atomic E-state index is 0.658. The molecule has 7 nitrogen and oxygen atoms in total. The van der Waals surface area contributed by atoms with Crippen LogP contribution < -0.4 is 19.7 Å². The first-order chi connectivity index (χ1) is 15.2. The number of methoxy groups -OCH3 is 2. The molecular weight excluding hydrogens is 392 g/mol. The van der Waals surface area contributed by atoms with Crippen LogP contribution in [0.15, 0.2) is 53.5 Å². The lowest BCUT2D eigenvalue weighted by molar-refractivity contribution is 0.172. The van der Waals surface area contributed by atoms with E-state index >= 15 is 0 Å². The molecular formula is C24H34N4O3. The van der Waals surface area contributed by atoms with Gasteiger partial charge in [0.15, 0.2) is 5.96 Å². The number of piperazine rings is 1. The minimum Gasteiger partial charge on any atom is -0.497 e. The summed E-state index contributed by atoms with van der Waals surface area (Å²) in [5.74, 6) is 2.70. The van der Waals surface area contributed by atoms with Crippen LogP contribution in [-0.2, 0) is 11.3 Å². The molecule has 168 valence electrons. The minimum atomic E-state index is 0.658. The predicted molar refractivity (Wildman–Crippen MR) is 125 cm³/mol. The molecule has 3 rings (SSSR count). The zero-order valence-electron chi connectivity index (χ0n) is 18.8. The first-order valence-electron chi connectivity index (χ1n) is 10.8. The third-order valence-corrected chi connectivity index (χ3v) is 5.34. The maximum atomic E-state index is 5.80. The van der Waals surface area contributed by atoms with Crippen molar-refractivity contribution >= 4 is 11.6 Å². The van der Waals surface area contributed by atoms with Crippen molar-refractivity contribution in [2.24, 2.45) is 4.99 Å². The largest absolute Gasteiger partial charge is 0.497 e. The molecule has 1 fully saturated rings. The molecule has 1 heterocycles. The standard InChI is InChI=1S/C24H34N4O3/c1-25-24(26-19-20-6-4-7-23(18-20)31-17-5-16-29-2)28-14-12-27(13-15-28)21-8-10-22(30-3)11-9-21/h4,6-11,18H,5,12-17,19H2,1-3H3,(H,25,26). The average molecular weight is 427 g/mol. The van der Waals surface area contributed by atoms with E-state index in [0.29, 0.717) is 19.8 Å². The molecule has 31 heavy (non-hydrogen) atoms. The summed E-state index contributed by atoms with van der Waals surface area (Å²) in [6, 6.07) is 16.5. The quantitative estimate of drug-likeness (QED) is 0.378. The van der Waals surface area contributed by atoms with Crippen LogP contribution >= 0.6 is 0 Å². The number of anilines is 1. The lowest BCUT2D eigenvalue weighted by Crippen LogP contribution is -2.52. The van der Waals surface area contributed by atoms with Gasteiger partial charge in [-0.3, -0.25) is 4.99 Å². The Morgan fingerprint density at radius 2 is 1.74 bits per heavy atom. The summed E-state index contributed by atoms with van der Waals surface area (Å²) in [5.41, 5.74) is 2.40. The number of guanidine groups is 1. The lowest BCUT2D eigenvalue weighted by Gasteiger charge is -2.37. The van der Waals surface area contributed by atoms with E-state index in [-0.39, 0.29) is 0 Å². The summed E-state index contributed by atoms with van der Waals surface area (Å²) < 4.78 is 16.1. The van der Waals surface area contributed by atoms with E-state index in [9.17, 15) is 0 Å². The van der Waals surface area contributed by atoms with Gasteiger partial charge >= 0.3 is 0 Å². The molecule has 1 aliphatic rings. The zero-order valence-corrected chi connectivity index (χ0v) is 18.8. The summed E-state index contributed by atoms with van der Waals surface area (Å²) in [5, 5.41) is 3.49. The average Bonchev–Trinajstić information content (AvgIpc) is 2.83. The fourth-order valence-electron chi connectivity index (χ4n) is 3.62. The Morgan fingerprint density at radius 1 is 0.968 bits per heavy atom. The zero-order chi connectivity index (χ0) is 21.9. The first-order valence-corrected chi connectivity index (χ1v) is 10.8. The Kier molecular flexibility index (Phi) is 8.84. The number of rotatable bonds is 9. The number of aliphatic imine (C=N–C) groups is 1. The topological polar surface area (TPSA) is 58.6 Å². The number of benzene rings is 2. The van der Waals surface area contributed by atoms with Gasteiger partial charge in [-0.25, -0.2) is 0 Å². The second kappa shape index (κ2) is 12.1. The molecule has 2 aromatic carbocycles. The summed E-state index contributed by atoms with van der Waals surface area (Å²) in [6.45, 7) is 5.84. The van der Waals surface area contributed by atoms with Crippen molar-refractivity contribution in [1.29, 1.82) is 0 Å². The molecule has 0 atom stereocenters. The SMILES string of the molecule is CN=C(NCc1cccc(OCCCOC)c1)N1CCN(c2ccc(OC)cc2)CC1. The van der Waals surface area contributed by atoms with E-state index in [1.165, 1.54) is 11.3 Å².